The lowest BCUT2D eigenvalue weighted by molar-refractivity contribution is -0.224. The molecule has 0 amide bonds. The van der Waals surface area contributed by atoms with Crippen molar-refractivity contribution in [3.8, 4) is 0 Å². The Kier molecular flexibility index (Phi) is 4.68. The van der Waals surface area contributed by atoms with Crippen LogP contribution in [-0.4, -0.2) is 28.9 Å². The van der Waals surface area contributed by atoms with Crippen LogP contribution in [0, 0.1) is 33.5 Å². The van der Waals surface area contributed by atoms with Crippen molar-refractivity contribution in [3.05, 3.63) is 35.9 Å². The lowest BCUT2D eigenvalue weighted by atomic mass is 9.37. The van der Waals surface area contributed by atoms with Gasteiger partial charge in [-0.1, -0.05) is 38.5 Å². The van der Waals surface area contributed by atoms with Crippen LogP contribution in [0.25, 0.3) is 0 Å². The third kappa shape index (κ3) is 2.72. The highest BCUT2D eigenvalue weighted by molar-refractivity contribution is 5.89. The van der Waals surface area contributed by atoms with E-state index in [9.17, 15) is 19.5 Å². The van der Waals surface area contributed by atoms with Gasteiger partial charge in [-0.2, -0.15) is 0 Å². The first kappa shape index (κ1) is 21.7. The third-order valence-electron chi connectivity index (χ3n) is 10.3. The fourth-order valence-corrected chi connectivity index (χ4v) is 8.66. The molecule has 5 nitrogen and oxygen atoms in total. The van der Waals surface area contributed by atoms with Gasteiger partial charge in [-0.15, -0.1) is 0 Å². The second-order valence-electron chi connectivity index (χ2n) is 11.7. The number of carbonyl (C=O) groups excluding carboxylic acids is 2. The molecule has 5 heteroatoms. The molecule has 0 heterocycles. The van der Waals surface area contributed by atoms with Crippen molar-refractivity contribution in [2.75, 3.05) is 0 Å². The Bertz CT molecular complexity index is 972. The van der Waals surface area contributed by atoms with Gasteiger partial charge in [0.25, 0.3) is 0 Å². The summed E-state index contributed by atoms with van der Waals surface area (Å²) in [6.07, 6.45) is 5.72. The Morgan fingerprint density at radius 3 is 2.44 bits per heavy atom. The first-order valence-electron chi connectivity index (χ1n) is 12.1. The van der Waals surface area contributed by atoms with Crippen LogP contribution in [0.1, 0.15) is 82.5 Å². The van der Waals surface area contributed by atoms with Gasteiger partial charge in [-0.05, 0) is 74.3 Å². The number of carboxylic acid groups (broad SMARTS) is 1. The van der Waals surface area contributed by atoms with Crippen LogP contribution in [0.5, 0.6) is 0 Å². The number of carboxylic acids is 1. The third-order valence-corrected chi connectivity index (χ3v) is 10.3. The Morgan fingerprint density at radius 1 is 1.03 bits per heavy atom. The number of hydrogen-bond acceptors (Lipinski definition) is 4. The Hall–Kier alpha value is -2.17. The number of esters is 1. The van der Waals surface area contributed by atoms with Crippen LogP contribution < -0.4 is 0 Å². The maximum atomic E-state index is 13.1. The molecule has 0 radical (unpaired) electrons. The van der Waals surface area contributed by atoms with Crippen molar-refractivity contribution < 1.29 is 24.2 Å². The SMILES string of the molecule is C[C@@]12CC[C@]3(C1)C(CC2=O)C[C@@H](OC(=O)c1ccccc1)[C@H]1[C@](C)(C(=O)O)CCC[C@@]13C. The molecule has 4 fully saturated rings. The maximum Gasteiger partial charge on any atom is 0.338 e. The molecule has 0 saturated heterocycles. The zero-order valence-corrected chi connectivity index (χ0v) is 19.4. The number of carbonyl (C=O) groups is 3. The van der Waals surface area contributed by atoms with E-state index >= 15 is 0 Å². The highest BCUT2D eigenvalue weighted by atomic mass is 16.5. The van der Waals surface area contributed by atoms with Gasteiger partial charge in [0.05, 0.1) is 11.0 Å². The van der Waals surface area contributed by atoms with Crippen molar-refractivity contribution in [2.45, 2.75) is 78.2 Å². The van der Waals surface area contributed by atoms with E-state index in [0.29, 0.717) is 30.6 Å². The quantitative estimate of drug-likeness (QED) is 0.650. The fourth-order valence-electron chi connectivity index (χ4n) is 8.66. The highest BCUT2D eigenvalue weighted by Gasteiger charge is 2.73. The standard InChI is InChI=1S/C27H34O5/c1-24-12-13-27(16-24)18(15-20(24)28)14-19(32-22(29)17-8-5-4-6-9-17)21-25(2,23(30)31)10-7-11-26(21,27)3/h4-6,8-9,18-19,21H,7,10-16H2,1-3H3,(H,30,31)/t18?,19-,21+,24-,25-,26+,27+/m1/s1. The molecule has 4 saturated carbocycles. The second-order valence-corrected chi connectivity index (χ2v) is 11.7. The van der Waals surface area contributed by atoms with E-state index in [1.165, 1.54) is 0 Å². The topological polar surface area (TPSA) is 80.7 Å². The summed E-state index contributed by atoms with van der Waals surface area (Å²) in [5, 5.41) is 10.4. The average Bonchev–Trinajstić information content (AvgIpc) is 3.08. The van der Waals surface area contributed by atoms with Gasteiger partial charge in [0.2, 0.25) is 0 Å². The molecule has 172 valence electrons. The van der Waals surface area contributed by atoms with Crippen molar-refractivity contribution >= 4 is 17.7 Å². The van der Waals surface area contributed by atoms with Gasteiger partial charge in [-0.25, -0.2) is 4.79 Å². The number of ether oxygens (including phenoxy) is 1. The van der Waals surface area contributed by atoms with E-state index in [4.69, 9.17) is 4.74 Å². The first-order chi connectivity index (χ1) is 15.1. The van der Waals surface area contributed by atoms with Crippen molar-refractivity contribution in [3.63, 3.8) is 0 Å². The highest BCUT2D eigenvalue weighted by Crippen LogP contribution is 2.75. The zero-order chi connectivity index (χ0) is 22.9. The van der Waals surface area contributed by atoms with Crippen LogP contribution in [-0.2, 0) is 14.3 Å². The Balaban J connectivity index is 1.59. The molecule has 0 aromatic heterocycles. The van der Waals surface area contributed by atoms with Gasteiger partial charge in [0.1, 0.15) is 11.9 Å². The van der Waals surface area contributed by atoms with E-state index in [2.05, 4.69) is 13.8 Å². The van der Waals surface area contributed by atoms with E-state index < -0.39 is 23.5 Å². The number of aliphatic carboxylic acids is 1. The fraction of sp³-hybridized carbons (Fsp3) is 0.667. The van der Waals surface area contributed by atoms with Gasteiger partial charge in [-0.3, -0.25) is 9.59 Å². The summed E-state index contributed by atoms with van der Waals surface area (Å²) < 4.78 is 6.16. The molecule has 32 heavy (non-hydrogen) atoms. The summed E-state index contributed by atoms with van der Waals surface area (Å²) in [5.41, 5.74) is -1.08. The molecular formula is C27H34O5. The van der Waals surface area contributed by atoms with Gasteiger partial charge in [0, 0.05) is 17.8 Å². The predicted molar refractivity (Wildman–Crippen MR) is 119 cm³/mol. The number of ketones is 1. The number of fused-ring (bicyclic) bond motifs is 2. The van der Waals surface area contributed by atoms with Gasteiger partial charge < -0.3 is 9.84 Å². The van der Waals surface area contributed by atoms with Gasteiger partial charge >= 0.3 is 11.9 Å². The van der Waals surface area contributed by atoms with Crippen LogP contribution in [0.15, 0.2) is 30.3 Å². The molecule has 1 aromatic rings. The predicted octanol–water partition coefficient (Wildman–Crippen LogP) is 5.28. The maximum absolute atomic E-state index is 13.1. The molecule has 4 aliphatic carbocycles. The van der Waals surface area contributed by atoms with Gasteiger partial charge in [0.15, 0.2) is 0 Å². The summed E-state index contributed by atoms with van der Waals surface area (Å²) >= 11 is 0. The average molecular weight is 439 g/mol. The zero-order valence-electron chi connectivity index (χ0n) is 19.4. The minimum Gasteiger partial charge on any atom is -0.481 e. The normalized spacial score (nSPS) is 45.0. The number of benzene rings is 1. The molecule has 1 N–H and O–H groups in total. The minimum atomic E-state index is -0.950. The summed E-state index contributed by atoms with van der Waals surface area (Å²) in [7, 11) is 0. The monoisotopic (exact) mass is 438 g/mol. The molecule has 7 atom stereocenters. The lowest BCUT2D eigenvalue weighted by Gasteiger charge is -2.67. The molecule has 1 spiro atoms. The number of rotatable bonds is 3. The van der Waals surface area contributed by atoms with Crippen LogP contribution in [0.2, 0.25) is 0 Å². The summed E-state index contributed by atoms with van der Waals surface area (Å²) in [5.74, 6) is -0.970. The van der Waals surface area contributed by atoms with E-state index in [-0.39, 0.29) is 28.1 Å². The number of Topliss-reactive ketones (excluding diaryl/α,β-unsaturated/α-hetero) is 1. The molecule has 5 rings (SSSR count). The van der Waals surface area contributed by atoms with Crippen molar-refractivity contribution in [2.24, 2.45) is 33.5 Å². The molecule has 4 aliphatic rings. The second kappa shape index (κ2) is 6.91. The minimum absolute atomic E-state index is 0.0485. The van der Waals surface area contributed by atoms with E-state index in [1.807, 2.05) is 13.0 Å². The molecular weight excluding hydrogens is 404 g/mol. The van der Waals surface area contributed by atoms with Crippen LogP contribution >= 0.6 is 0 Å². The number of hydrogen-bond donors (Lipinski definition) is 1. The molecule has 1 aromatic carbocycles. The molecule has 0 aliphatic heterocycles. The van der Waals surface area contributed by atoms with Crippen molar-refractivity contribution in [1.29, 1.82) is 0 Å². The smallest absolute Gasteiger partial charge is 0.338 e. The van der Waals surface area contributed by atoms with Crippen LogP contribution in [0.4, 0.5) is 0 Å². The largest absolute Gasteiger partial charge is 0.481 e. The molecule has 1 unspecified atom stereocenters. The lowest BCUT2D eigenvalue weighted by Crippen LogP contribution is -2.66. The van der Waals surface area contributed by atoms with E-state index in [0.717, 1.165) is 32.1 Å². The van der Waals surface area contributed by atoms with Crippen molar-refractivity contribution in [1.82, 2.24) is 0 Å². The Morgan fingerprint density at radius 2 is 1.75 bits per heavy atom. The summed E-state index contributed by atoms with van der Waals surface area (Å²) in [4.78, 5) is 38.8. The Labute approximate surface area is 189 Å². The van der Waals surface area contributed by atoms with E-state index in [1.54, 1.807) is 24.3 Å². The van der Waals surface area contributed by atoms with Crippen LogP contribution in [0.3, 0.4) is 0 Å². The molecule has 2 bridgehead atoms. The summed E-state index contributed by atoms with van der Waals surface area (Å²) in [6.45, 7) is 6.23. The first-order valence-corrected chi connectivity index (χ1v) is 12.1. The summed E-state index contributed by atoms with van der Waals surface area (Å²) in [6, 6.07) is 8.92.